The average molecular weight is 237 g/mol. The minimum absolute atomic E-state index is 0.289. The van der Waals surface area contributed by atoms with Crippen molar-refractivity contribution in [1.29, 1.82) is 0 Å². The summed E-state index contributed by atoms with van der Waals surface area (Å²) in [6, 6.07) is 13.6. The molecule has 1 heteroatoms. The second-order valence-electron chi connectivity index (χ2n) is 4.46. The van der Waals surface area contributed by atoms with Crippen molar-refractivity contribution in [2.75, 3.05) is 0 Å². The van der Waals surface area contributed by atoms with Gasteiger partial charge in [-0.15, -0.1) is 0 Å². The van der Waals surface area contributed by atoms with Gasteiger partial charge in [-0.2, -0.15) is 0 Å². The number of allylic oxidation sites excluding steroid dienone is 3. The van der Waals surface area contributed by atoms with E-state index in [4.69, 9.17) is 6.42 Å². The molecular formula is C17H19N. The van der Waals surface area contributed by atoms with E-state index in [1.54, 1.807) is 0 Å². The second kappa shape index (κ2) is 5.60. The molecule has 0 spiro atoms. The highest BCUT2D eigenvalue weighted by Crippen LogP contribution is 2.40. The molecule has 0 radical (unpaired) electrons. The van der Waals surface area contributed by atoms with E-state index in [9.17, 15) is 0 Å². The molecule has 0 amide bonds. The first-order valence-electron chi connectivity index (χ1n) is 6.47. The van der Waals surface area contributed by atoms with Crippen molar-refractivity contribution < 1.29 is 0 Å². The zero-order chi connectivity index (χ0) is 13.0. The summed E-state index contributed by atoms with van der Waals surface area (Å²) in [4.78, 5) is 2.09. The highest BCUT2D eigenvalue weighted by Gasteiger charge is 2.29. The Hall–Kier alpha value is -1.94. The molecule has 0 N–H and O–H groups in total. The van der Waals surface area contributed by atoms with Crippen LogP contribution < -0.4 is 0 Å². The Morgan fingerprint density at radius 3 is 2.67 bits per heavy atom. The summed E-state index contributed by atoms with van der Waals surface area (Å²) in [5.41, 5.74) is 3.94. The Bertz CT molecular complexity index is 502. The first-order chi connectivity index (χ1) is 8.81. The monoisotopic (exact) mass is 237 g/mol. The molecule has 0 saturated heterocycles. The van der Waals surface area contributed by atoms with Crippen LogP contribution in [0.2, 0.25) is 0 Å². The van der Waals surface area contributed by atoms with Crippen LogP contribution >= 0.6 is 0 Å². The normalized spacial score (nSPS) is 19.6. The summed E-state index contributed by atoms with van der Waals surface area (Å²) in [6.07, 6.45) is 12.0. The fourth-order valence-corrected chi connectivity index (χ4v) is 2.63. The zero-order valence-corrected chi connectivity index (χ0v) is 11.1. The highest BCUT2D eigenvalue weighted by atomic mass is 15.2. The summed E-state index contributed by atoms with van der Waals surface area (Å²) in [5.74, 6) is 0. The van der Waals surface area contributed by atoms with Gasteiger partial charge in [0.15, 0.2) is 0 Å². The van der Waals surface area contributed by atoms with Crippen LogP contribution in [0.1, 0.15) is 38.3 Å². The fourth-order valence-electron chi connectivity index (χ4n) is 2.63. The Balaban J connectivity index is 2.36. The van der Waals surface area contributed by atoms with E-state index < -0.39 is 0 Å². The molecule has 1 atom stereocenters. The van der Waals surface area contributed by atoms with Gasteiger partial charge in [0.1, 0.15) is 0 Å². The van der Waals surface area contributed by atoms with E-state index in [-0.39, 0.29) is 6.04 Å². The van der Waals surface area contributed by atoms with Gasteiger partial charge in [0.2, 0.25) is 0 Å². The van der Waals surface area contributed by atoms with E-state index in [2.05, 4.69) is 61.2 Å². The molecule has 1 aliphatic heterocycles. The molecule has 0 fully saturated rings. The van der Waals surface area contributed by atoms with E-state index >= 15 is 0 Å². The van der Waals surface area contributed by atoms with Crippen LogP contribution in [0, 0.1) is 12.5 Å². The van der Waals surface area contributed by atoms with Crippen molar-refractivity contribution in [3.63, 3.8) is 0 Å². The van der Waals surface area contributed by atoms with Crippen molar-refractivity contribution in [2.24, 2.45) is 0 Å². The van der Waals surface area contributed by atoms with Crippen molar-refractivity contribution in [3.8, 4) is 12.5 Å². The summed E-state index contributed by atoms with van der Waals surface area (Å²) in [7, 11) is 0. The van der Waals surface area contributed by atoms with Gasteiger partial charge in [0.25, 0.3) is 0 Å². The molecule has 1 heterocycles. The Kier molecular flexibility index (Phi) is 3.89. The van der Waals surface area contributed by atoms with Gasteiger partial charge in [0, 0.05) is 11.7 Å². The molecule has 0 aliphatic carbocycles. The highest BCUT2D eigenvalue weighted by molar-refractivity contribution is 5.37. The van der Waals surface area contributed by atoms with Gasteiger partial charge < -0.3 is 0 Å². The van der Waals surface area contributed by atoms with Gasteiger partial charge >= 0.3 is 0 Å². The van der Waals surface area contributed by atoms with Crippen LogP contribution in [0.5, 0.6) is 0 Å². The molecule has 0 saturated carbocycles. The number of terminal acetylenes is 1. The van der Waals surface area contributed by atoms with Crippen LogP contribution in [-0.4, -0.2) is 4.90 Å². The molecule has 1 aromatic carbocycles. The lowest BCUT2D eigenvalue weighted by Crippen LogP contribution is -2.17. The number of hydrogen-bond acceptors (Lipinski definition) is 1. The lowest BCUT2D eigenvalue weighted by atomic mass is 10.0. The molecule has 1 unspecified atom stereocenters. The van der Waals surface area contributed by atoms with Crippen molar-refractivity contribution in [2.45, 2.75) is 32.7 Å². The second-order valence-corrected chi connectivity index (χ2v) is 4.46. The van der Waals surface area contributed by atoms with E-state index in [1.165, 1.54) is 16.8 Å². The minimum atomic E-state index is 0.289. The first kappa shape index (κ1) is 12.5. The Morgan fingerprint density at radius 2 is 2.11 bits per heavy atom. The van der Waals surface area contributed by atoms with E-state index in [1.807, 2.05) is 6.07 Å². The van der Waals surface area contributed by atoms with Gasteiger partial charge in [0.05, 0.1) is 6.04 Å². The third-order valence-electron chi connectivity index (χ3n) is 3.41. The van der Waals surface area contributed by atoms with Crippen LogP contribution in [0.15, 0.2) is 53.8 Å². The predicted molar refractivity (Wildman–Crippen MR) is 76.6 cm³/mol. The maximum Gasteiger partial charge on any atom is 0.0712 e. The minimum Gasteiger partial charge on any atom is -0.298 e. The standard InChI is InChI=1S/C17H19N/c1-4-10-15-13-17(14-11-8-7-9-12-14)18(6-3)16(15)5-2/h3-4,7-12,17H,5,13H2,1-2H3/b10-4-. The topological polar surface area (TPSA) is 3.24 Å². The Morgan fingerprint density at radius 1 is 1.39 bits per heavy atom. The van der Waals surface area contributed by atoms with Crippen LogP contribution in [-0.2, 0) is 0 Å². The van der Waals surface area contributed by atoms with Crippen molar-refractivity contribution >= 4 is 0 Å². The number of hydrogen-bond donors (Lipinski definition) is 0. The lowest BCUT2D eigenvalue weighted by molar-refractivity contribution is 0.394. The van der Waals surface area contributed by atoms with Crippen LogP contribution in [0.4, 0.5) is 0 Å². The van der Waals surface area contributed by atoms with Gasteiger partial charge in [-0.05, 0) is 30.9 Å². The molecule has 18 heavy (non-hydrogen) atoms. The molecule has 1 aromatic rings. The first-order valence-corrected chi connectivity index (χ1v) is 6.47. The largest absolute Gasteiger partial charge is 0.298 e. The maximum absolute atomic E-state index is 5.70. The van der Waals surface area contributed by atoms with Gasteiger partial charge in [-0.25, -0.2) is 0 Å². The number of benzene rings is 1. The number of rotatable bonds is 3. The van der Waals surface area contributed by atoms with Gasteiger partial charge in [-0.3, -0.25) is 4.90 Å². The van der Waals surface area contributed by atoms with Crippen LogP contribution in [0.25, 0.3) is 0 Å². The zero-order valence-electron chi connectivity index (χ0n) is 11.1. The Labute approximate surface area is 110 Å². The van der Waals surface area contributed by atoms with E-state index in [0.29, 0.717) is 0 Å². The number of nitrogens with zero attached hydrogens (tertiary/aromatic N) is 1. The summed E-state index contributed by atoms with van der Waals surface area (Å²) in [5, 5.41) is 0. The molecule has 2 rings (SSSR count). The third kappa shape index (κ3) is 2.19. The van der Waals surface area contributed by atoms with Crippen LogP contribution in [0.3, 0.4) is 0 Å². The molecule has 0 aromatic heterocycles. The average Bonchev–Trinajstić information content (AvgIpc) is 2.77. The molecule has 0 bridgehead atoms. The molecule has 1 nitrogen and oxygen atoms in total. The summed E-state index contributed by atoms with van der Waals surface area (Å²) in [6.45, 7) is 4.22. The van der Waals surface area contributed by atoms with Crippen molar-refractivity contribution in [3.05, 3.63) is 59.3 Å². The maximum atomic E-state index is 5.70. The summed E-state index contributed by atoms with van der Waals surface area (Å²) >= 11 is 0. The van der Waals surface area contributed by atoms with E-state index in [0.717, 1.165) is 12.8 Å². The lowest BCUT2D eigenvalue weighted by Gasteiger charge is -2.23. The summed E-state index contributed by atoms with van der Waals surface area (Å²) < 4.78 is 0. The molecule has 92 valence electrons. The smallest absolute Gasteiger partial charge is 0.0712 e. The third-order valence-corrected chi connectivity index (χ3v) is 3.41. The molecular weight excluding hydrogens is 218 g/mol. The van der Waals surface area contributed by atoms with Gasteiger partial charge in [-0.1, -0.05) is 55.8 Å². The molecule has 1 aliphatic rings. The SMILES string of the molecule is C#CN1C(CC)=C(/C=C\C)CC1c1ccccc1. The predicted octanol–water partition coefficient (Wildman–Crippen LogP) is 4.26. The fraction of sp³-hybridized carbons (Fsp3) is 0.294. The van der Waals surface area contributed by atoms with Crippen molar-refractivity contribution in [1.82, 2.24) is 4.90 Å². The quantitative estimate of drug-likeness (QED) is 0.710.